The second-order valence-electron chi connectivity index (χ2n) is 4.38. The van der Waals surface area contributed by atoms with Gasteiger partial charge in [0, 0.05) is 31.3 Å². The van der Waals surface area contributed by atoms with Crippen LogP contribution < -0.4 is 16.4 Å². The van der Waals surface area contributed by atoms with E-state index in [1.807, 2.05) is 6.92 Å². The minimum absolute atomic E-state index is 0.0466. The topological polar surface area (TPSA) is 84.2 Å². The zero-order chi connectivity index (χ0) is 14.3. The Morgan fingerprint density at radius 2 is 1.84 bits per heavy atom. The van der Waals surface area contributed by atoms with Gasteiger partial charge in [0.05, 0.1) is 6.04 Å². The summed E-state index contributed by atoms with van der Waals surface area (Å²) in [5.41, 5.74) is 6.88. The second kappa shape index (κ2) is 7.53. The summed E-state index contributed by atoms with van der Waals surface area (Å²) in [6.45, 7) is 4.50. The molecular formula is C14H21N3O2. The third kappa shape index (κ3) is 5.09. The van der Waals surface area contributed by atoms with Crippen molar-refractivity contribution in [1.29, 1.82) is 0 Å². The fraction of sp³-hybridized carbons (Fsp3) is 0.429. The first-order valence-corrected chi connectivity index (χ1v) is 6.42. The quantitative estimate of drug-likeness (QED) is 0.388. The molecule has 0 saturated heterocycles. The first-order valence-electron chi connectivity index (χ1n) is 6.42. The number of carbonyl (C=O) groups excluding carboxylic acids is 2. The maximum Gasteiger partial charge on any atom is 0.216 e. The molecule has 0 saturated carbocycles. The summed E-state index contributed by atoms with van der Waals surface area (Å²) >= 11 is 0. The number of nitrogens with one attached hydrogen (secondary N) is 2. The SMILES string of the molecule is CCC(NCCNC(C)=O)C(=O)c1ccc(N)cc1. The van der Waals surface area contributed by atoms with E-state index in [0.717, 1.165) is 0 Å². The number of Topliss-reactive ketones (excluding diaryl/α,β-unsaturated/α-hetero) is 1. The van der Waals surface area contributed by atoms with Crippen LogP contribution in [0, 0.1) is 0 Å². The molecular weight excluding hydrogens is 242 g/mol. The number of carbonyl (C=O) groups is 2. The van der Waals surface area contributed by atoms with E-state index in [0.29, 0.717) is 30.8 Å². The van der Waals surface area contributed by atoms with Gasteiger partial charge in [0.25, 0.3) is 0 Å². The van der Waals surface area contributed by atoms with Crippen molar-refractivity contribution in [3.63, 3.8) is 0 Å². The second-order valence-corrected chi connectivity index (χ2v) is 4.38. The Morgan fingerprint density at radius 3 is 2.37 bits per heavy atom. The molecule has 5 nitrogen and oxygen atoms in total. The van der Waals surface area contributed by atoms with Crippen molar-refractivity contribution < 1.29 is 9.59 Å². The number of hydrogen-bond acceptors (Lipinski definition) is 4. The van der Waals surface area contributed by atoms with Crippen LogP contribution in [0.25, 0.3) is 0 Å². The van der Waals surface area contributed by atoms with E-state index in [4.69, 9.17) is 5.73 Å². The van der Waals surface area contributed by atoms with Crippen molar-refractivity contribution >= 4 is 17.4 Å². The van der Waals surface area contributed by atoms with Gasteiger partial charge in [-0.05, 0) is 30.7 Å². The lowest BCUT2D eigenvalue weighted by Gasteiger charge is -2.16. The van der Waals surface area contributed by atoms with Gasteiger partial charge in [-0.2, -0.15) is 0 Å². The van der Waals surface area contributed by atoms with Gasteiger partial charge in [-0.1, -0.05) is 6.92 Å². The Morgan fingerprint density at radius 1 is 1.21 bits per heavy atom. The summed E-state index contributed by atoms with van der Waals surface area (Å²) in [6, 6.07) is 6.66. The van der Waals surface area contributed by atoms with Crippen LogP contribution >= 0.6 is 0 Å². The molecule has 0 heterocycles. The van der Waals surface area contributed by atoms with Gasteiger partial charge in [-0.25, -0.2) is 0 Å². The first-order chi connectivity index (χ1) is 9.04. The maximum atomic E-state index is 12.2. The lowest BCUT2D eigenvalue weighted by atomic mass is 10.0. The third-order valence-electron chi connectivity index (χ3n) is 2.81. The molecule has 0 aliphatic heterocycles. The van der Waals surface area contributed by atoms with E-state index in [1.54, 1.807) is 24.3 Å². The van der Waals surface area contributed by atoms with Crippen molar-refractivity contribution in [3.05, 3.63) is 29.8 Å². The van der Waals surface area contributed by atoms with Crippen LogP contribution in [0.3, 0.4) is 0 Å². The molecule has 0 spiro atoms. The highest BCUT2D eigenvalue weighted by Gasteiger charge is 2.17. The highest BCUT2D eigenvalue weighted by Crippen LogP contribution is 2.09. The molecule has 104 valence electrons. The largest absolute Gasteiger partial charge is 0.399 e. The Balaban J connectivity index is 2.52. The highest BCUT2D eigenvalue weighted by molar-refractivity contribution is 6.00. The zero-order valence-corrected chi connectivity index (χ0v) is 11.4. The molecule has 19 heavy (non-hydrogen) atoms. The summed E-state index contributed by atoms with van der Waals surface area (Å²) in [5, 5.41) is 5.82. The summed E-state index contributed by atoms with van der Waals surface area (Å²) in [5.74, 6) is -0.0231. The van der Waals surface area contributed by atoms with Gasteiger partial charge >= 0.3 is 0 Å². The zero-order valence-electron chi connectivity index (χ0n) is 11.4. The average molecular weight is 263 g/mol. The average Bonchev–Trinajstić information content (AvgIpc) is 2.39. The molecule has 1 aromatic rings. The Bertz CT molecular complexity index is 429. The predicted octanol–water partition coefficient (Wildman–Crippen LogP) is 0.956. The number of anilines is 1. The number of nitrogen functional groups attached to an aromatic ring is 1. The number of rotatable bonds is 7. The van der Waals surface area contributed by atoms with Gasteiger partial charge in [0.15, 0.2) is 5.78 Å². The fourth-order valence-corrected chi connectivity index (χ4v) is 1.76. The number of hydrogen-bond donors (Lipinski definition) is 3. The predicted molar refractivity (Wildman–Crippen MR) is 76.0 cm³/mol. The van der Waals surface area contributed by atoms with Crippen molar-refractivity contribution in [2.75, 3.05) is 18.8 Å². The molecule has 1 aromatic carbocycles. The Labute approximate surface area is 113 Å². The van der Waals surface area contributed by atoms with Gasteiger partial charge in [0.1, 0.15) is 0 Å². The number of benzene rings is 1. The normalized spacial score (nSPS) is 11.9. The molecule has 5 heteroatoms. The molecule has 0 aliphatic rings. The van der Waals surface area contributed by atoms with E-state index in [9.17, 15) is 9.59 Å². The van der Waals surface area contributed by atoms with Crippen molar-refractivity contribution in [2.24, 2.45) is 0 Å². The Kier molecular flexibility index (Phi) is 6.02. The van der Waals surface area contributed by atoms with Crippen molar-refractivity contribution in [2.45, 2.75) is 26.3 Å². The number of ketones is 1. The van der Waals surface area contributed by atoms with E-state index in [-0.39, 0.29) is 17.7 Å². The Hall–Kier alpha value is -1.88. The molecule has 0 bridgehead atoms. The first kappa shape index (κ1) is 15.2. The van der Waals surface area contributed by atoms with Crippen LogP contribution in [0.5, 0.6) is 0 Å². The smallest absolute Gasteiger partial charge is 0.216 e. The van der Waals surface area contributed by atoms with Crippen LogP contribution in [0.15, 0.2) is 24.3 Å². The van der Waals surface area contributed by atoms with Crippen LogP contribution in [0.4, 0.5) is 5.69 Å². The van der Waals surface area contributed by atoms with Crippen LogP contribution in [-0.2, 0) is 4.79 Å². The van der Waals surface area contributed by atoms with E-state index >= 15 is 0 Å². The fourth-order valence-electron chi connectivity index (χ4n) is 1.76. The molecule has 0 radical (unpaired) electrons. The van der Waals surface area contributed by atoms with E-state index in [2.05, 4.69) is 10.6 Å². The molecule has 1 amide bonds. The number of nitrogens with two attached hydrogens (primary N) is 1. The van der Waals surface area contributed by atoms with Crippen LogP contribution in [-0.4, -0.2) is 30.8 Å². The van der Waals surface area contributed by atoms with Crippen LogP contribution in [0.1, 0.15) is 30.6 Å². The molecule has 0 aliphatic carbocycles. The van der Waals surface area contributed by atoms with Crippen molar-refractivity contribution in [3.8, 4) is 0 Å². The summed E-state index contributed by atoms with van der Waals surface area (Å²) in [4.78, 5) is 23.0. The molecule has 1 unspecified atom stereocenters. The summed E-state index contributed by atoms with van der Waals surface area (Å²) in [6.07, 6.45) is 0.698. The minimum Gasteiger partial charge on any atom is -0.399 e. The monoisotopic (exact) mass is 263 g/mol. The van der Waals surface area contributed by atoms with Gasteiger partial charge in [-0.15, -0.1) is 0 Å². The van der Waals surface area contributed by atoms with Gasteiger partial charge in [-0.3, -0.25) is 9.59 Å². The molecule has 0 fully saturated rings. The molecule has 1 rings (SSSR count). The third-order valence-corrected chi connectivity index (χ3v) is 2.81. The van der Waals surface area contributed by atoms with E-state index < -0.39 is 0 Å². The summed E-state index contributed by atoms with van der Waals surface area (Å²) < 4.78 is 0. The standard InChI is InChI=1S/C14H21N3O2/c1-3-13(17-9-8-16-10(2)18)14(19)11-4-6-12(15)7-5-11/h4-7,13,17H,3,8-9,15H2,1-2H3,(H,16,18). The summed E-state index contributed by atoms with van der Waals surface area (Å²) in [7, 11) is 0. The van der Waals surface area contributed by atoms with Crippen LogP contribution in [0.2, 0.25) is 0 Å². The molecule has 0 aromatic heterocycles. The number of amides is 1. The molecule has 4 N–H and O–H groups in total. The van der Waals surface area contributed by atoms with Gasteiger partial charge < -0.3 is 16.4 Å². The minimum atomic E-state index is -0.239. The van der Waals surface area contributed by atoms with Gasteiger partial charge in [0.2, 0.25) is 5.91 Å². The highest BCUT2D eigenvalue weighted by atomic mass is 16.1. The van der Waals surface area contributed by atoms with Crippen molar-refractivity contribution in [1.82, 2.24) is 10.6 Å². The lowest BCUT2D eigenvalue weighted by Crippen LogP contribution is -2.40. The molecule has 1 atom stereocenters. The van der Waals surface area contributed by atoms with E-state index in [1.165, 1.54) is 6.92 Å². The lowest BCUT2D eigenvalue weighted by molar-refractivity contribution is -0.118. The maximum absolute atomic E-state index is 12.2.